The zero-order chi connectivity index (χ0) is 19.2. The first kappa shape index (κ1) is 19.8. The first-order valence-corrected chi connectivity index (χ1v) is 9.89. The zero-order valence-corrected chi connectivity index (χ0v) is 16.5. The van der Waals surface area contributed by atoms with Crippen LogP contribution in [-0.4, -0.2) is 95.8 Å². The van der Waals surface area contributed by atoms with Crippen molar-refractivity contribution in [2.24, 2.45) is 0 Å². The average Bonchev–Trinajstić information content (AvgIpc) is 2.93. The van der Waals surface area contributed by atoms with Gasteiger partial charge < -0.3 is 9.80 Å². The molecular weight excluding hydrogens is 342 g/mol. The smallest absolute Gasteiger partial charge is 0.239 e. The predicted octanol–water partition coefficient (Wildman–Crippen LogP) is 0.669. The summed E-state index contributed by atoms with van der Waals surface area (Å²) in [7, 11) is 3.99. The molecule has 2 fully saturated rings. The van der Waals surface area contributed by atoms with Crippen molar-refractivity contribution in [2.75, 3.05) is 53.4 Å². The lowest BCUT2D eigenvalue weighted by molar-refractivity contribution is -0.136. The second-order valence-corrected chi connectivity index (χ2v) is 7.73. The van der Waals surface area contributed by atoms with E-state index in [1.165, 1.54) is 0 Å². The Bertz CT molecular complexity index is 639. The van der Waals surface area contributed by atoms with Crippen LogP contribution in [0.2, 0.25) is 0 Å². The summed E-state index contributed by atoms with van der Waals surface area (Å²) >= 11 is 0. The standard InChI is InChI=1S/C20H31N5O2/c1-22(15-17-6-8-21-9-7-17)16-19(26)24-11-4-12-25(14-13-24)20(27)18-5-3-10-23(18)2/h6-9,18H,3-5,10-16H2,1-2H3/t18-/m0/s1. The third-order valence-corrected chi connectivity index (χ3v) is 5.57. The minimum absolute atomic E-state index is 0.0266. The third kappa shape index (κ3) is 5.26. The molecule has 27 heavy (non-hydrogen) atoms. The molecule has 2 saturated heterocycles. The Balaban J connectivity index is 1.48. The summed E-state index contributed by atoms with van der Waals surface area (Å²) in [6, 6.07) is 3.96. The second kappa shape index (κ2) is 9.28. The van der Waals surface area contributed by atoms with E-state index in [1.54, 1.807) is 12.4 Å². The highest BCUT2D eigenvalue weighted by atomic mass is 16.2. The number of hydrogen-bond acceptors (Lipinski definition) is 5. The molecule has 1 aromatic rings. The van der Waals surface area contributed by atoms with Crippen LogP contribution >= 0.6 is 0 Å². The van der Waals surface area contributed by atoms with E-state index in [9.17, 15) is 9.59 Å². The minimum atomic E-state index is 0.0266. The molecule has 0 saturated carbocycles. The van der Waals surface area contributed by atoms with Gasteiger partial charge in [-0.3, -0.25) is 24.4 Å². The van der Waals surface area contributed by atoms with Crippen LogP contribution in [-0.2, 0) is 16.1 Å². The lowest BCUT2D eigenvalue weighted by Crippen LogP contribution is -2.46. The molecule has 0 spiro atoms. The third-order valence-electron chi connectivity index (χ3n) is 5.57. The molecule has 0 aliphatic carbocycles. The summed E-state index contributed by atoms with van der Waals surface area (Å²) in [6.07, 6.45) is 6.44. The first-order chi connectivity index (χ1) is 13.0. The summed E-state index contributed by atoms with van der Waals surface area (Å²) in [5, 5.41) is 0. The van der Waals surface area contributed by atoms with Gasteiger partial charge in [0, 0.05) is 45.1 Å². The maximum absolute atomic E-state index is 12.8. The number of rotatable bonds is 5. The maximum atomic E-state index is 12.8. The monoisotopic (exact) mass is 373 g/mol. The molecule has 7 heteroatoms. The number of nitrogens with zero attached hydrogens (tertiary/aromatic N) is 5. The van der Waals surface area contributed by atoms with Crippen LogP contribution in [0.3, 0.4) is 0 Å². The van der Waals surface area contributed by atoms with Crippen LogP contribution in [0.25, 0.3) is 0 Å². The molecule has 2 aliphatic heterocycles. The molecule has 3 rings (SSSR count). The van der Waals surface area contributed by atoms with Crippen LogP contribution in [0.5, 0.6) is 0 Å². The topological polar surface area (TPSA) is 60.0 Å². The molecule has 3 heterocycles. The van der Waals surface area contributed by atoms with E-state index >= 15 is 0 Å². The SMILES string of the molecule is CN(CC(=O)N1CCCN(C(=O)[C@@H]2CCCN2C)CC1)Cc1ccncc1. The molecule has 0 radical (unpaired) electrons. The van der Waals surface area contributed by atoms with E-state index in [2.05, 4.69) is 9.88 Å². The van der Waals surface area contributed by atoms with Gasteiger partial charge in [0.1, 0.15) is 0 Å². The zero-order valence-electron chi connectivity index (χ0n) is 16.5. The van der Waals surface area contributed by atoms with Crippen molar-refractivity contribution in [3.63, 3.8) is 0 Å². The molecular formula is C20H31N5O2. The van der Waals surface area contributed by atoms with Gasteiger partial charge in [-0.1, -0.05) is 0 Å². The summed E-state index contributed by atoms with van der Waals surface area (Å²) in [4.78, 5) is 37.6. The van der Waals surface area contributed by atoms with Gasteiger partial charge in [-0.15, -0.1) is 0 Å². The normalized spacial score (nSPS) is 21.5. The van der Waals surface area contributed by atoms with Crippen molar-refractivity contribution >= 4 is 11.8 Å². The molecule has 148 valence electrons. The molecule has 2 aliphatic rings. The number of amides is 2. The maximum Gasteiger partial charge on any atom is 0.239 e. The number of carbonyl (C=O) groups is 2. The van der Waals surface area contributed by atoms with E-state index in [0.29, 0.717) is 19.6 Å². The molecule has 0 aromatic carbocycles. The van der Waals surface area contributed by atoms with Gasteiger partial charge >= 0.3 is 0 Å². The second-order valence-electron chi connectivity index (χ2n) is 7.73. The van der Waals surface area contributed by atoms with E-state index < -0.39 is 0 Å². The quantitative estimate of drug-likeness (QED) is 0.759. The van der Waals surface area contributed by atoms with E-state index in [0.717, 1.165) is 51.0 Å². The largest absolute Gasteiger partial charge is 0.340 e. The number of aromatic nitrogens is 1. The highest BCUT2D eigenvalue weighted by Crippen LogP contribution is 2.18. The lowest BCUT2D eigenvalue weighted by atomic mass is 10.2. The number of carbonyl (C=O) groups excluding carboxylic acids is 2. The Morgan fingerprint density at radius 3 is 2.48 bits per heavy atom. The summed E-state index contributed by atoms with van der Waals surface area (Å²) in [6.45, 7) is 4.86. The Morgan fingerprint density at radius 2 is 1.78 bits per heavy atom. The molecule has 1 atom stereocenters. The summed E-state index contributed by atoms with van der Waals surface area (Å²) < 4.78 is 0. The van der Waals surface area contributed by atoms with Crippen molar-refractivity contribution in [1.29, 1.82) is 0 Å². The van der Waals surface area contributed by atoms with Gasteiger partial charge in [-0.25, -0.2) is 0 Å². The van der Waals surface area contributed by atoms with Crippen LogP contribution in [0, 0.1) is 0 Å². The van der Waals surface area contributed by atoms with Gasteiger partial charge in [0.15, 0.2) is 0 Å². The van der Waals surface area contributed by atoms with E-state index in [-0.39, 0.29) is 17.9 Å². The van der Waals surface area contributed by atoms with Crippen molar-refractivity contribution in [3.8, 4) is 0 Å². The number of likely N-dealkylation sites (N-methyl/N-ethyl adjacent to an activating group) is 2. The number of hydrogen-bond donors (Lipinski definition) is 0. The van der Waals surface area contributed by atoms with Crippen LogP contribution in [0.4, 0.5) is 0 Å². The molecule has 0 unspecified atom stereocenters. The van der Waals surface area contributed by atoms with Crippen molar-refractivity contribution in [3.05, 3.63) is 30.1 Å². The van der Waals surface area contributed by atoms with Gasteiger partial charge in [0.2, 0.25) is 11.8 Å². The fourth-order valence-electron chi connectivity index (χ4n) is 4.01. The Hall–Kier alpha value is -1.99. The molecule has 2 amide bonds. The van der Waals surface area contributed by atoms with Gasteiger partial charge in [-0.05, 0) is 57.6 Å². The first-order valence-electron chi connectivity index (χ1n) is 9.89. The lowest BCUT2D eigenvalue weighted by Gasteiger charge is -2.28. The van der Waals surface area contributed by atoms with Gasteiger partial charge in [-0.2, -0.15) is 0 Å². The molecule has 0 N–H and O–H groups in total. The summed E-state index contributed by atoms with van der Waals surface area (Å²) in [5.74, 6) is 0.373. The number of pyridine rings is 1. The van der Waals surface area contributed by atoms with Gasteiger partial charge in [0.05, 0.1) is 12.6 Å². The molecule has 0 bridgehead atoms. The van der Waals surface area contributed by atoms with Crippen molar-refractivity contribution in [2.45, 2.75) is 31.8 Å². The highest BCUT2D eigenvalue weighted by Gasteiger charge is 2.32. The van der Waals surface area contributed by atoms with Crippen molar-refractivity contribution in [1.82, 2.24) is 24.6 Å². The fraction of sp³-hybridized carbons (Fsp3) is 0.650. The molecule has 1 aromatic heterocycles. The van der Waals surface area contributed by atoms with E-state index in [4.69, 9.17) is 0 Å². The fourth-order valence-corrected chi connectivity index (χ4v) is 4.01. The van der Waals surface area contributed by atoms with Crippen LogP contribution in [0.15, 0.2) is 24.5 Å². The average molecular weight is 374 g/mol. The predicted molar refractivity (Wildman–Crippen MR) is 104 cm³/mol. The highest BCUT2D eigenvalue weighted by molar-refractivity contribution is 5.82. The summed E-state index contributed by atoms with van der Waals surface area (Å²) in [5.41, 5.74) is 1.15. The Morgan fingerprint density at radius 1 is 1.07 bits per heavy atom. The van der Waals surface area contributed by atoms with Crippen LogP contribution in [0.1, 0.15) is 24.8 Å². The van der Waals surface area contributed by atoms with E-state index in [1.807, 2.05) is 40.9 Å². The van der Waals surface area contributed by atoms with Crippen LogP contribution < -0.4 is 0 Å². The number of likely N-dealkylation sites (tertiary alicyclic amines) is 1. The van der Waals surface area contributed by atoms with Crippen molar-refractivity contribution < 1.29 is 9.59 Å². The molecule has 7 nitrogen and oxygen atoms in total. The Kier molecular flexibility index (Phi) is 6.79. The Labute approximate surface area is 161 Å². The van der Waals surface area contributed by atoms with Gasteiger partial charge in [0.25, 0.3) is 0 Å². The minimum Gasteiger partial charge on any atom is -0.340 e.